The second kappa shape index (κ2) is 7.29. The van der Waals surface area contributed by atoms with Gasteiger partial charge in [0.25, 0.3) is 0 Å². The predicted octanol–water partition coefficient (Wildman–Crippen LogP) is 3.74. The van der Waals surface area contributed by atoms with Gasteiger partial charge in [-0.1, -0.05) is 0 Å². The first-order valence-electron chi connectivity index (χ1n) is 6.87. The normalized spacial score (nSPS) is 13.4. The first kappa shape index (κ1) is 14.9. The number of hydrogen-bond donors (Lipinski definition) is 0. The maximum atomic E-state index is 9.14. The first-order valence-corrected chi connectivity index (χ1v) is 8.58. The summed E-state index contributed by atoms with van der Waals surface area (Å²) < 4.78 is 1.49. The van der Waals surface area contributed by atoms with Crippen LogP contribution in [-0.4, -0.2) is 15.0 Å². The molecule has 0 fully saturated rings. The molecule has 1 atom stereocenters. The van der Waals surface area contributed by atoms with Gasteiger partial charge < -0.3 is 0 Å². The molecule has 2 aromatic rings. The minimum atomic E-state index is 0.110. The van der Waals surface area contributed by atoms with E-state index in [0.29, 0.717) is 21.4 Å². The van der Waals surface area contributed by atoms with Crippen LogP contribution < -0.4 is 4.46 Å². The fourth-order valence-corrected chi connectivity index (χ4v) is 4.69. The van der Waals surface area contributed by atoms with E-state index in [2.05, 4.69) is 61.5 Å². The number of nitrogens with zero attached hydrogens (tertiary/aromatic N) is 1. The van der Waals surface area contributed by atoms with Crippen LogP contribution in [0.5, 0.6) is 0 Å². The number of rotatable bonds is 6. The molecule has 1 unspecified atom stereocenters. The van der Waals surface area contributed by atoms with Crippen LogP contribution in [0.4, 0.5) is 0 Å². The second-order valence-electron chi connectivity index (χ2n) is 5.19. The Morgan fingerprint density at radius 3 is 2.20 bits per heavy atom. The SMILES string of the molecule is CC(CC#N)(CCc1ccccc1)[Se]c1ccccc1. The van der Waals surface area contributed by atoms with Crippen LogP contribution in [0, 0.1) is 11.3 Å². The van der Waals surface area contributed by atoms with Crippen molar-refractivity contribution in [3.05, 3.63) is 66.2 Å². The average Bonchev–Trinajstić information content (AvgIpc) is 2.48. The number of benzene rings is 2. The molecule has 2 aromatic carbocycles. The molecule has 0 heterocycles. The molecule has 0 spiro atoms. The summed E-state index contributed by atoms with van der Waals surface area (Å²) in [6.45, 7) is 2.26. The van der Waals surface area contributed by atoms with Crippen LogP contribution in [0.25, 0.3) is 0 Å². The van der Waals surface area contributed by atoms with Crippen LogP contribution in [0.2, 0.25) is 4.31 Å². The van der Waals surface area contributed by atoms with Gasteiger partial charge in [-0.05, 0) is 0 Å². The Morgan fingerprint density at radius 2 is 1.60 bits per heavy atom. The van der Waals surface area contributed by atoms with Gasteiger partial charge in [0.2, 0.25) is 0 Å². The van der Waals surface area contributed by atoms with E-state index in [-0.39, 0.29) is 4.31 Å². The third-order valence-corrected chi connectivity index (χ3v) is 6.18. The van der Waals surface area contributed by atoms with E-state index in [0.717, 1.165) is 12.8 Å². The molecule has 0 radical (unpaired) electrons. The number of aryl methyl sites for hydroxylation is 1. The Hall–Kier alpha value is -1.55. The van der Waals surface area contributed by atoms with Crippen molar-refractivity contribution in [3.8, 4) is 6.07 Å². The second-order valence-corrected chi connectivity index (χ2v) is 8.67. The predicted molar refractivity (Wildman–Crippen MR) is 85.2 cm³/mol. The zero-order valence-electron chi connectivity index (χ0n) is 11.8. The monoisotopic (exact) mass is 329 g/mol. The van der Waals surface area contributed by atoms with Gasteiger partial charge in [0.15, 0.2) is 0 Å². The topological polar surface area (TPSA) is 23.8 Å². The zero-order valence-corrected chi connectivity index (χ0v) is 13.5. The van der Waals surface area contributed by atoms with E-state index in [9.17, 15) is 0 Å². The Kier molecular flexibility index (Phi) is 5.41. The van der Waals surface area contributed by atoms with Crippen molar-refractivity contribution in [1.29, 1.82) is 5.26 Å². The van der Waals surface area contributed by atoms with Crippen molar-refractivity contribution in [1.82, 2.24) is 0 Å². The molecule has 0 saturated heterocycles. The van der Waals surface area contributed by atoms with Gasteiger partial charge in [-0.2, -0.15) is 0 Å². The van der Waals surface area contributed by atoms with Gasteiger partial charge in [0.05, 0.1) is 0 Å². The number of hydrogen-bond acceptors (Lipinski definition) is 1. The zero-order chi connectivity index (χ0) is 14.3. The van der Waals surface area contributed by atoms with E-state index in [1.54, 1.807) is 0 Å². The van der Waals surface area contributed by atoms with E-state index in [1.165, 1.54) is 10.0 Å². The van der Waals surface area contributed by atoms with Gasteiger partial charge in [-0.15, -0.1) is 0 Å². The van der Waals surface area contributed by atoms with Crippen LogP contribution in [0.15, 0.2) is 60.7 Å². The molecule has 102 valence electrons. The summed E-state index contributed by atoms with van der Waals surface area (Å²) in [5, 5.41) is 9.14. The van der Waals surface area contributed by atoms with Crippen LogP contribution in [0.3, 0.4) is 0 Å². The number of nitriles is 1. The molecular formula is C18H19NSe. The molecule has 20 heavy (non-hydrogen) atoms. The molecule has 0 aliphatic rings. The average molecular weight is 328 g/mol. The van der Waals surface area contributed by atoms with Crippen molar-refractivity contribution in [2.45, 2.75) is 30.5 Å². The van der Waals surface area contributed by atoms with Gasteiger partial charge in [-0.25, -0.2) is 0 Å². The summed E-state index contributed by atoms with van der Waals surface area (Å²) in [5.41, 5.74) is 1.36. The summed E-state index contributed by atoms with van der Waals surface area (Å²) in [4.78, 5) is 0. The van der Waals surface area contributed by atoms with E-state index >= 15 is 0 Å². The molecule has 0 bridgehead atoms. The summed E-state index contributed by atoms with van der Waals surface area (Å²) in [6.07, 6.45) is 2.75. The Morgan fingerprint density at radius 1 is 1.00 bits per heavy atom. The fourth-order valence-electron chi connectivity index (χ4n) is 2.17. The van der Waals surface area contributed by atoms with Crippen molar-refractivity contribution in [2.75, 3.05) is 0 Å². The Bertz CT molecular complexity index is 559. The van der Waals surface area contributed by atoms with Gasteiger partial charge >= 0.3 is 127 Å². The molecule has 2 rings (SSSR count). The van der Waals surface area contributed by atoms with Crippen LogP contribution >= 0.6 is 0 Å². The molecule has 0 aliphatic carbocycles. The van der Waals surface area contributed by atoms with Crippen molar-refractivity contribution in [2.24, 2.45) is 0 Å². The molecule has 0 aliphatic heterocycles. The molecule has 1 nitrogen and oxygen atoms in total. The first-order chi connectivity index (χ1) is 9.72. The van der Waals surface area contributed by atoms with Crippen LogP contribution in [0.1, 0.15) is 25.3 Å². The maximum absolute atomic E-state index is 9.14. The summed E-state index contributed by atoms with van der Waals surface area (Å²) in [7, 11) is 0. The third-order valence-electron chi connectivity index (χ3n) is 3.35. The van der Waals surface area contributed by atoms with Crippen molar-refractivity contribution >= 4 is 19.4 Å². The van der Waals surface area contributed by atoms with Gasteiger partial charge in [0.1, 0.15) is 0 Å². The summed E-state index contributed by atoms with van der Waals surface area (Å²) >= 11 is 0.332. The van der Waals surface area contributed by atoms with Gasteiger partial charge in [0, 0.05) is 0 Å². The summed E-state index contributed by atoms with van der Waals surface area (Å²) in [6, 6.07) is 23.5. The molecule has 0 amide bonds. The van der Waals surface area contributed by atoms with Gasteiger partial charge in [-0.3, -0.25) is 0 Å². The van der Waals surface area contributed by atoms with E-state index in [1.807, 2.05) is 12.1 Å². The molecular weight excluding hydrogens is 309 g/mol. The molecule has 0 aromatic heterocycles. The van der Waals surface area contributed by atoms with Crippen LogP contribution in [-0.2, 0) is 6.42 Å². The van der Waals surface area contributed by atoms with Crippen molar-refractivity contribution < 1.29 is 0 Å². The van der Waals surface area contributed by atoms with Crippen molar-refractivity contribution in [3.63, 3.8) is 0 Å². The molecule has 0 saturated carbocycles. The summed E-state index contributed by atoms with van der Waals surface area (Å²) in [5.74, 6) is 0. The molecule has 2 heteroatoms. The standard InChI is InChI=1S/C18H19NSe/c1-18(14-15-19,20-17-10-6-3-7-11-17)13-12-16-8-4-2-5-9-16/h2-11H,12-14H2,1H3. The Labute approximate surface area is 127 Å². The Balaban J connectivity index is 2.03. The third kappa shape index (κ3) is 4.53. The van der Waals surface area contributed by atoms with E-state index in [4.69, 9.17) is 5.26 Å². The quantitative estimate of drug-likeness (QED) is 0.741. The molecule has 0 N–H and O–H groups in total. The fraction of sp³-hybridized carbons (Fsp3) is 0.278. The minimum absolute atomic E-state index is 0.110. The van der Waals surface area contributed by atoms with E-state index < -0.39 is 0 Å².